The normalized spacial score (nSPS) is 10.3. The molecule has 0 radical (unpaired) electrons. The molecule has 1 aromatic heterocycles. The fraction of sp³-hybridized carbons (Fsp3) is 0.353. The van der Waals surface area contributed by atoms with Gasteiger partial charge in [-0.15, -0.1) is 10.2 Å². The molecule has 2 aromatic rings. The van der Waals surface area contributed by atoms with Crippen LogP contribution in [0, 0.1) is 0 Å². The summed E-state index contributed by atoms with van der Waals surface area (Å²) in [6.45, 7) is 1.43. The van der Waals surface area contributed by atoms with E-state index in [1.165, 1.54) is 0 Å². The van der Waals surface area contributed by atoms with Crippen LogP contribution in [0.5, 0.6) is 0 Å². The fourth-order valence-electron chi connectivity index (χ4n) is 2.02. The van der Waals surface area contributed by atoms with Crippen molar-refractivity contribution in [3.05, 3.63) is 42.1 Å². The van der Waals surface area contributed by atoms with E-state index in [9.17, 15) is 4.79 Å². The van der Waals surface area contributed by atoms with Gasteiger partial charge in [-0.25, -0.2) is 0 Å². The van der Waals surface area contributed by atoms with Crippen molar-refractivity contribution in [1.82, 2.24) is 10.2 Å². The van der Waals surface area contributed by atoms with Crippen molar-refractivity contribution in [1.29, 1.82) is 0 Å². The number of rotatable bonds is 8. The molecule has 0 unspecified atom stereocenters. The first-order chi connectivity index (χ1) is 11.6. The second-order valence-electron chi connectivity index (χ2n) is 5.47. The van der Waals surface area contributed by atoms with E-state index in [2.05, 4.69) is 20.8 Å². The van der Waals surface area contributed by atoms with Crippen molar-refractivity contribution in [3.8, 4) is 0 Å². The summed E-state index contributed by atoms with van der Waals surface area (Å²) < 4.78 is 4.98. The van der Waals surface area contributed by atoms with Crippen molar-refractivity contribution < 1.29 is 9.53 Å². The Bertz CT molecular complexity index is 641. The van der Waals surface area contributed by atoms with E-state index in [0.29, 0.717) is 18.1 Å². The number of carbonyl (C=O) groups is 1. The highest BCUT2D eigenvalue weighted by molar-refractivity contribution is 6.02. The van der Waals surface area contributed by atoms with E-state index in [-0.39, 0.29) is 11.6 Å². The molecule has 7 heteroatoms. The molecule has 1 heterocycles. The molecule has 1 aromatic carbocycles. The van der Waals surface area contributed by atoms with Gasteiger partial charge >= 0.3 is 0 Å². The molecule has 0 aliphatic carbocycles. The van der Waals surface area contributed by atoms with Crippen molar-refractivity contribution in [2.24, 2.45) is 0 Å². The van der Waals surface area contributed by atoms with Crippen LogP contribution in [0.15, 0.2) is 36.4 Å². The van der Waals surface area contributed by atoms with Gasteiger partial charge in [0.05, 0.1) is 0 Å². The molecule has 0 saturated heterocycles. The summed E-state index contributed by atoms with van der Waals surface area (Å²) in [5.41, 5.74) is 2.06. The zero-order valence-corrected chi connectivity index (χ0v) is 14.2. The Hall–Kier alpha value is -2.67. The topological polar surface area (TPSA) is 79.4 Å². The van der Waals surface area contributed by atoms with Crippen LogP contribution in [0.2, 0.25) is 0 Å². The first-order valence-corrected chi connectivity index (χ1v) is 7.75. The monoisotopic (exact) mass is 329 g/mol. The van der Waals surface area contributed by atoms with E-state index in [1.54, 1.807) is 19.2 Å². The Morgan fingerprint density at radius 2 is 1.88 bits per heavy atom. The fourth-order valence-corrected chi connectivity index (χ4v) is 2.02. The molecular formula is C17H23N5O2. The summed E-state index contributed by atoms with van der Waals surface area (Å²) >= 11 is 0. The first-order valence-electron chi connectivity index (χ1n) is 7.75. The molecule has 0 saturated carbocycles. The minimum Gasteiger partial charge on any atom is -0.385 e. The van der Waals surface area contributed by atoms with E-state index in [4.69, 9.17) is 4.74 Å². The molecule has 24 heavy (non-hydrogen) atoms. The van der Waals surface area contributed by atoms with E-state index in [0.717, 1.165) is 18.7 Å². The van der Waals surface area contributed by atoms with Gasteiger partial charge in [0.2, 0.25) is 0 Å². The van der Waals surface area contributed by atoms with E-state index < -0.39 is 0 Å². The molecule has 1 amide bonds. The van der Waals surface area contributed by atoms with Crippen LogP contribution >= 0.6 is 0 Å². The van der Waals surface area contributed by atoms with Gasteiger partial charge < -0.3 is 20.3 Å². The average Bonchev–Trinajstić information content (AvgIpc) is 2.59. The number of methoxy groups -OCH3 is 1. The van der Waals surface area contributed by atoms with E-state index in [1.807, 2.05) is 43.3 Å². The first kappa shape index (κ1) is 17.7. The van der Waals surface area contributed by atoms with Gasteiger partial charge in [0.15, 0.2) is 5.69 Å². The van der Waals surface area contributed by atoms with Crippen LogP contribution < -0.4 is 15.5 Å². The predicted molar refractivity (Wildman–Crippen MR) is 95.7 cm³/mol. The lowest BCUT2D eigenvalue weighted by Crippen LogP contribution is -2.15. The largest absolute Gasteiger partial charge is 0.385 e. The van der Waals surface area contributed by atoms with Gasteiger partial charge in [-0.1, -0.05) is 0 Å². The maximum atomic E-state index is 12.2. The third-order valence-corrected chi connectivity index (χ3v) is 3.37. The number of nitrogens with zero attached hydrogens (tertiary/aromatic N) is 3. The van der Waals surface area contributed by atoms with Crippen LogP contribution in [0.3, 0.4) is 0 Å². The summed E-state index contributed by atoms with van der Waals surface area (Å²) in [5, 5.41) is 13.9. The van der Waals surface area contributed by atoms with Crippen molar-refractivity contribution in [2.45, 2.75) is 6.42 Å². The molecule has 7 nitrogen and oxygen atoms in total. The quantitative estimate of drug-likeness (QED) is 0.723. The molecule has 2 rings (SSSR count). The highest BCUT2D eigenvalue weighted by Gasteiger charge is 2.09. The lowest BCUT2D eigenvalue weighted by Gasteiger charge is -2.13. The van der Waals surface area contributed by atoms with Gasteiger partial charge in [0, 0.05) is 45.7 Å². The molecule has 0 bridgehead atoms. The molecule has 0 atom stereocenters. The third-order valence-electron chi connectivity index (χ3n) is 3.37. The van der Waals surface area contributed by atoms with Gasteiger partial charge in [0.25, 0.3) is 5.91 Å². The van der Waals surface area contributed by atoms with Crippen LogP contribution in [0.4, 0.5) is 17.2 Å². The highest BCUT2D eigenvalue weighted by Crippen LogP contribution is 2.16. The molecule has 0 spiro atoms. The van der Waals surface area contributed by atoms with Crippen molar-refractivity contribution in [2.75, 3.05) is 49.9 Å². The average molecular weight is 329 g/mol. The lowest BCUT2D eigenvalue weighted by atomic mass is 10.2. The molecule has 0 fully saturated rings. The van der Waals surface area contributed by atoms with Crippen molar-refractivity contribution in [3.63, 3.8) is 0 Å². The lowest BCUT2D eigenvalue weighted by molar-refractivity contribution is 0.102. The number of nitrogens with one attached hydrogen (secondary N) is 2. The summed E-state index contributed by atoms with van der Waals surface area (Å²) in [6.07, 6.45) is 0.878. The Morgan fingerprint density at radius 1 is 1.12 bits per heavy atom. The number of anilines is 3. The minimum absolute atomic E-state index is 0.272. The standard InChI is InChI=1S/C17H23N5O2/c1-22(2)14-7-5-13(6-8-14)19-17(23)15-9-10-16(21-20-15)18-11-4-12-24-3/h5-10H,4,11-12H2,1-3H3,(H,18,21)(H,19,23). The maximum absolute atomic E-state index is 12.2. The molecular weight excluding hydrogens is 306 g/mol. The van der Waals surface area contributed by atoms with E-state index >= 15 is 0 Å². The summed E-state index contributed by atoms with van der Waals surface area (Å²) in [5.74, 6) is 0.351. The molecule has 0 aliphatic heterocycles. The Morgan fingerprint density at radius 3 is 2.46 bits per heavy atom. The Balaban J connectivity index is 1.90. The second-order valence-corrected chi connectivity index (χ2v) is 5.47. The number of carbonyl (C=O) groups excluding carboxylic acids is 1. The number of hydrogen-bond donors (Lipinski definition) is 2. The maximum Gasteiger partial charge on any atom is 0.276 e. The number of amides is 1. The predicted octanol–water partition coefficient (Wildman–Crippen LogP) is 2.24. The molecule has 0 aliphatic rings. The second kappa shape index (κ2) is 8.83. The summed E-state index contributed by atoms with van der Waals surface area (Å²) in [7, 11) is 5.60. The summed E-state index contributed by atoms with van der Waals surface area (Å²) in [6, 6.07) is 11.0. The molecule has 128 valence electrons. The number of aromatic nitrogens is 2. The Labute approximate surface area is 142 Å². The zero-order chi connectivity index (χ0) is 17.4. The summed E-state index contributed by atoms with van der Waals surface area (Å²) in [4.78, 5) is 14.2. The van der Waals surface area contributed by atoms with Gasteiger partial charge in [-0.2, -0.15) is 0 Å². The third kappa shape index (κ3) is 5.20. The minimum atomic E-state index is -0.286. The van der Waals surface area contributed by atoms with Gasteiger partial charge in [-0.05, 0) is 42.8 Å². The van der Waals surface area contributed by atoms with Crippen molar-refractivity contribution >= 4 is 23.1 Å². The smallest absolute Gasteiger partial charge is 0.276 e. The van der Waals surface area contributed by atoms with Gasteiger partial charge in [0.1, 0.15) is 5.82 Å². The van der Waals surface area contributed by atoms with Crippen LogP contribution in [-0.4, -0.2) is 50.5 Å². The van der Waals surface area contributed by atoms with Crippen LogP contribution in [0.25, 0.3) is 0 Å². The van der Waals surface area contributed by atoms with Gasteiger partial charge in [-0.3, -0.25) is 4.79 Å². The zero-order valence-electron chi connectivity index (χ0n) is 14.2. The number of benzene rings is 1. The SMILES string of the molecule is COCCCNc1ccc(C(=O)Nc2ccc(N(C)C)cc2)nn1. The molecule has 2 N–H and O–H groups in total. The number of ether oxygens (including phenoxy) is 1. The Kier molecular flexibility index (Phi) is 6.51. The van der Waals surface area contributed by atoms with Crippen LogP contribution in [-0.2, 0) is 4.74 Å². The highest BCUT2D eigenvalue weighted by atomic mass is 16.5. The van der Waals surface area contributed by atoms with Crippen LogP contribution in [0.1, 0.15) is 16.9 Å². The number of hydrogen-bond acceptors (Lipinski definition) is 6.